The van der Waals surface area contributed by atoms with Crippen molar-refractivity contribution in [2.75, 3.05) is 0 Å². The van der Waals surface area contributed by atoms with E-state index in [0.717, 1.165) is 39.2 Å². The molecule has 0 aliphatic heterocycles. The van der Waals surface area contributed by atoms with Crippen LogP contribution in [0.4, 0.5) is 0 Å². The molecule has 0 N–H and O–H groups in total. The molecule has 0 radical (unpaired) electrons. The number of aryl methyl sites for hydroxylation is 1. The monoisotopic (exact) mass is 538 g/mol. The van der Waals surface area contributed by atoms with Crippen LogP contribution in [-0.2, 0) is 0 Å². The molecule has 198 valence electrons. The fourth-order valence-electron chi connectivity index (χ4n) is 6.63. The summed E-state index contributed by atoms with van der Waals surface area (Å²) < 4.78 is 6.95. The van der Waals surface area contributed by atoms with Crippen molar-refractivity contribution in [2.45, 2.75) is 6.92 Å². The number of rotatable bonds is 3. The summed E-state index contributed by atoms with van der Waals surface area (Å²) in [5.41, 5.74) is 12.7. The average molecular weight is 539 g/mol. The van der Waals surface area contributed by atoms with Crippen LogP contribution < -0.4 is 0 Å². The maximum absolute atomic E-state index is 5.09. The highest BCUT2D eigenvalue weighted by atomic mass is 15.2. The van der Waals surface area contributed by atoms with Crippen LogP contribution >= 0.6 is 0 Å². The quantitative estimate of drug-likeness (QED) is 0.220. The summed E-state index contributed by atoms with van der Waals surface area (Å²) in [5, 5.41) is 2.45. The van der Waals surface area contributed by atoms with E-state index in [1.54, 1.807) is 0 Å². The smallest absolute Gasteiger partial charge is 0.220 e. The van der Waals surface area contributed by atoms with Gasteiger partial charge in [0.05, 0.1) is 33.1 Å². The van der Waals surface area contributed by atoms with Crippen LogP contribution in [0.5, 0.6) is 0 Å². The molecule has 3 aromatic heterocycles. The highest BCUT2D eigenvalue weighted by molar-refractivity contribution is 6.10. The third-order valence-electron chi connectivity index (χ3n) is 8.48. The summed E-state index contributed by atoms with van der Waals surface area (Å²) in [6.07, 6.45) is 0. The van der Waals surface area contributed by atoms with Gasteiger partial charge < -0.3 is 4.57 Å². The van der Waals surface area contributed by atoms with Gasteiger partial charge in [-0.05, 0) is 78.7 Å². The Balaban J connectivity index is 1.31. The van der Waals surface area contributed by atoms with E-state index in [0.29, 0.717) is 0 Å². The van der Waals surface area contributed by atoms with Crippen molar-refractivity contribution in [1.82, 2.24) is 18.5 Å². The Morgan fingerprint density at radius 3 is 1.98 bits per heavy atom. The molecule has 6 aromatic carbocycles. The van der Waals surface area contributed by atoms with E-state index in [2.05, 4.69) is 160 Å². The van der Waals surface area contributed by atoms with Crippen molar-refractivity contribution >= 4 is 49.7 Å². The molecule has 0 amide bonds. The molecule has 0 saturated heterocycles. The Hall–Kier alpha value is -5.61. The molecule has 3 heterocycles. The highest BCUT2D eigenvalue weighted by Crippen LogP contribution is 2.36. The maximum Gasteiger partial charge on any atom is 0.220 e. The van der Waals surface area contributed by atoms with E-state index >= 15 is 0 Å². The van der Waals surface area contributed by atoms with E-state index < -0.39 is 0 Å². The topological polar surface area (TPSA) is 27.2 Å². The lowest BCUT2D eigenvalue weighted by Crippen LogP contribution is -1.97. The first-order valence-electron chi connectivity index (χ1n) is 14.3. The summed E-state index contributed by atoms with van der Waals surface area (Å²) in [4.78, 5) is 5.09. The summed E-state index contributed by atoms with van der Waals surface area (Å²) in [6.45, 7) is 2.14. The first kappa shape index (κ1) is 23.1. The lowest BCUT2D eigenvalue weighted by atomic mass is 10.0. The van der Waals surface area contributed by atoms with Crippen molar-refractivity contribution in [1.29, 1.82) is 0 Å². The van der Waals surface area contributed by atoms with Gasteiger partial charge >= 0.3 is 0 Å². The summed E-state index contributed by atoms with van der Waals surface area (Å²) in [5.74, 6) is 0.923. The van der Waals surface area contributed by atoms with E-state index in [9.17, 15) is 0 Å². The first-order valence-corrected chi connectivity index (χ1v) is 14.3. The minimum atomic E-state index is 0.923. The number of hydrogen-bond acceptors (Lipinski definition) is 1. The fourth-order valence-corrected chi connectivity index (χ4v) is 6.63. The number of imidazole rings is 2. The van der Waals surface area contributed by atoms with E-state index in [1.165, 1.54) is 38.5 Å². The molecule has 4 heteroatoms. The van der Waals surface area contributed by atoms with Crippen LogP contribution in [0.1, 0.15) is 5.56 Å². The lowest BCUT2D eigenvalue weighted by molar-refractivity contribution is 1.11. The summed E-state index contributed by atoms with van der Waals surface area (Å²) in [6, 6.07) is 50.0. The molecular formula is C38H26N4. The number of nitrogens with zero attached hydrogens (tertiary/aromatic N) is 4. The fraction of sp³-hybridized carbons (Fsp3) is 0.0263. The zero-order valence-corrected chi connectivity index (χ0v) is 23.1. The molecule has 0 aliphatic rings. The molecule has 0 atom stereocenters. The van der Waals surface area contributed by atoms with Crippen LogP contribution in [0.3, 0.4) is 0 Å². The van der Waals surface area contributed by atoms with Crippen molar-refractivity contribution in [3.05, 3.63) is 145 Å². The molecule has 0 bridgehead atoms. The Bertz CT molecular complexity index is 2490. The van der Waals surface area contributed by atoms with Gasteiger partial charge in [0.1, 0.15) is 0 Å². The van der Waals surface area contributed by atoms with Crippen LogP contribution in [0.25, 0.3) is 72.2 Å². The molecule has 0 saturated carbocycles. The normalized spacial score (nSPS) is 11.9. The van der Waals surface area contributed by atoms with Crippen LogP contribution in [0.2, 0.25) is 0 Å². The number of para-hydroxylation sites is 5. The third-order valence-corrected chi connectivity index (χ3v) is 8.48. The van der Waals surface area contributed by atoms with Gasteiger partial charge in [0.15, 0.2) is 0 Å². The zero-order valence-electron chi connectivity index (χ0n) is 23.1. The maximum atomic E-state index is 5.09. The predicted octanol–water partition coefficient (Wildman–Crippen LogP) is 9.50. The van der Waals surface area contributed by atoms with Crippen molar-refractivity contribution in [2.24, 2.45) is 0 Å². The minimum Gasteiger partial charge on any atom is -0.309 e. The van der Waals surface area contributed by atoms with Gasteiger partial charge in [0.2, 0.25) is 5.78 Å². The molecule has 0 fully saturated rings. The van der Waals surface area contributed by atoms with Crippen LogP contribution in [0.15, 0.2) is 140 Å². The van der Waals surface area contributed by atoms with Gasteiger partial charge in [-0.25, -0.2) is 4.98 Å². The second-order valence-electron chi connectivity index (χ2n) is 11.0. The molecule has 0 aliphatic carbocycles. The van der Waals surface area contributed by atoms with Gasteiger partial charge in [-0.1, -0.05) is 84.4 Å². The SMILES string of the molecule is Cc1cccc(-c2cccc(-n3c4ccccc4c4cc(-n5c6ccccc6n6c7ccccc7nc56)ccc43)c2)c1. The Morgan fingerprint density at radius 2 is 1.12 bits per heavy atom. The highest BCUT2D eigenvalue weighted by Gasteiger charge is 2.19. The van der Waals surface area contributed by atoms with Crippen molar-refractivity contribution in [3.8, 4) is 22.5 Å². The van der Waals surface area contributed by atoms with Gasteiger partial charge in [-0.2, -0.15) is 0 Å². The van der Waals surface area contributed by atoms with Crippen molar-refractivity contribution in [3.63, 3.8) is 0 Å². The number of fused-ring (bicyclic) bond motifs is 8. The van der Waals surface area contributed by atoms with E-state index in [1.807, 2.05) is 0 Å². The second-order valence-corrected chi connectivity index (χ2v) is 11.0. The van der Waals surface area contributed by atoms with Crippen LogP contribution in [0, 0.1) is 6.92 Å². The molecule has 9 rings (SSSR count). The van der Waals surface area contributed by atoms with Gasteiger partial charge in [0.25, 0.3) is 0 Å². The molecule has 0 unspecified atom stereocenters. The Labute approximate surface area is 242 Å². The zero-order chi connectivity index (χ0) is 27.8. The number of hydrogen-bond donors (Lipinski definition) is 0. The first-order chi connectivity index (χ1) is 20.7. The molecule has 0 spiro atoms. The Morgan fingerprint density at radius 1 is 0.452 bits per heavy atom. The minimum absolute atomic E-state index is 0.923. The molecule has 9 aromatic rings. The van der Waals surface area contributed by atoms with E-state index in [4.69, 9.17) is 4.98 Å². The number of aromatic nitrogens is 4. The van der Waals surface area contributed by atoms with Crippen molar-refractivity contribution < 1.29 is 0 Å². The van der Waals surface area contributed by atoms with Gasteiger partial charge in [0, 0.05) is 22.1 Å². The van der Waals surface area contributed by atoms with E-state index in [-0.39, 0.29) is 0 Å². The summed E-state index contributed by atoms with van der Waals surface area (Å²) >= 11 is 0. The van der Waals surface area contributed by atoms with Gasteiger partial charge in [-0.3, -0.25) is 8.97 Å². The molecule has 4 nitrogen and oxygen atoms in total. The standard InChI is InChI=1S/C38H26N4/c1-25-10-8-11-26(22-25)27-12-9-13-28(23-27)40-33-16-4-2-14-30(33)31-24-29(20-21-34(31)40)41-36-18-6-7-19-37(36)42-35-17-5-3-15-32(35)39-38(41)42/h2-24H,1H3. The largest absolute Gasteiger partial charge is 0.309 e. The van der Waals surface area contributed by atoms with Gasteiger partial charge in [-0.15, -0.1) is 0 Å². The van der Waals surface area contributed by atoms with Crippen LogP contribution in [-0.4, -0.2) is 18.5 Å². The summed E-state index contributed by atoms with van der Waals surface area (Å²) in [7, 11) is 0. The average Bonchev–Trinajstić information content (AvgIpc) is 3.68. The number of benzene rings is 6. The second kappa shape index (κ2) is 8.69. The molecular weight excluding hydrogens is 512 g/mol. The lowest BCUT2D eigenvalue weighted by Gasteiger charge is -2.11. The predicted molar refractivity (Wildman–Crippen MR) is 174 cm³/mol. The third kappa shape index (κ3) is 3.26. The molecule has 42 heavy (non-hydrogen) atoms. The Kier molecular flexibility index (Phi) is 4.79.